The first-order chi connectivity index (χ1) is 13.6. The fourth-order valence-electron chi connectivity index (χ4n) is 2.50. The van der Waals surface area contributed by atoms with Gasteiger partial charge in [-0.25, -0.2) is 4.98 Å². The van der Waals surface area contributed by atoms with Crippen LogP contribution < -0.4 is 5.32 Å². The van der Waals surface area contributed by atoms with E-state index in [-0.39, 0.29) is 14.9 Å². The molecule has 152 valence electrons. The van der Waals surface area contributed by atoms with E-state index in [9.17, 15) is 22.8 Å². The second-order valence-corrected chi connectivity index (χ2v) is 8.31. The van der Waals surface area contributed by atoms with Crippen LogP contribution in [0.4, 0.5) is 23.7 Å². The largest absolute Gasteiger partial charge is 0.433 e. The number of nitrogens with one attached hydrogen (secondary N) is 1. The number of thioether (sulfide) groups is 1. The second kappa shape index (κ2) is 8.03. The monoisotopic (exact) mass is 439 g/mol. The molecule has 2 aromatic heterocycles. The van der Waals surface area contributed by atoms with Crippen molar-refractivity contribution in [3.63, 3.8) is 0 Å². The lowest BCUT2D eigenvalue weighted by atomic mass is 10.1. The number of rotatable bonds is 3. The number of carbonyl (C=O) groups is 2. The summed E-state index contributed by atoms with van der Waals surface area (Å²) >= 11 is 1.87. The fourth-order valence-corrected chi connectivity index (χ4v) is 4.32. The summed E-state index contributed by atoms with van der Waals surface area (Å²) in [6.07, 6.45) is -4.55. The van der Waals surface area contributed by atoms with Crippen LogP contribution in [0.25, 0.3) is 10.2 Å². The van der Waals surface area contributed by atoms with Crippen molar-refractivity contribution in [3.05, 3.63) is 52.5 Å². The van der Waals surface area contributed by atoms with Gasteiger partial charge in [-0.3, -0.25) is 9.59 Å². The predicted octanol–water partition coefficient (Wildman–Crippen LogP) is 5.65. The standard InChI is InChI=1S/C19H16F3N3O2S2/c1-10-11-8-9-14(19(20,21)22)24-17(11)29-15(10)16(26)23-12-6-4-5-7-13(12)28-18(27)25(2)3/h4-9H,1-3H3,(H,23,26). The molecule has 0 saturated carbocycles. The zero-order valence-electron chi connectivity index (χ0n) is 15.6. The number of nitrogens with zero attached hydrogens (tertiary/aromatic N) is 2. The maximum atomic E-state index is 12.9. The van der Waals surface area contributed by atoms with Crippen molar-refractivity contribution in [3.8, 4) is 0 Å². The number of halogens is 3. The van der Waals surface area contributed by atoms with Gasteiger partial charge in [-0.05, 0) is 48.5 Å². The van der Waals surface area contributed by atoms with Crippen LogP contribution in [0.2, 0.25) is 0 Å². The van der Waals surface area contributed by atoms with E-state index in [1.165, 1.54) is 11.0 Å². The third-order valence-electron chi connectivity index (χ3n) is 4.00. The van der Waals surface area contributed by atoms with Gasteiger partial charge in [0.2, 0.25) is 0 Å². The number of para-hydroxylation sites is 1. The molecule has 1 aromatic carbocycles. The van der Waals surface area contributed by atoms with Gasteiger partial charge in [-0.1, -0.05) is 12.1 Å². The number of benzene rings is 1. The van der Waals surface area contributed by atoms with E-state index in [1.54, 1.807) is 45.3 Å². The van der Waals surface area contributed by atoms with Gasteiger partial charge in [0.05, 0.1) is 10.6 Å². The predicted molar refractivity (Wildman–Crippen MR) is 109 cm³/mol. The summed E-state index contributed by atoms with van der Waals surface area (Å²) in [5, 5.41) is 3.05. The van der Waals surface area contributed by atoms with Crippen LogP contribution >= 0.6 is 23.1 Å². The summed E-state index contributed by atoms with van der Waals surface area (Å²) in [6, 6.07) is 9.06. The Hall–Kier alpha value is -2.59. The molecular formula is C19H16F3N3O2S2. The van der Waals surface area contributed by atoms with E-state index < -0.39 is 17.8 Å². The number of anilines is 1. The van der Waals surface area contributed by atoms with Crippen LogP contribution in [-0.4, -0.2) is 35.1 Å². The number of hydrogen-bond acceptors (Lipinski definition) is 5. The minimum Gasteiger partial charge on any atom is -0.339 e. The number of pyridine rings is 1. The molecule has 0 saturated heterocycles. The van der Waals surface area contributed by atoms with Crippen molar-refractivity contribution in [1.29, 1.82) is 0 Å². The molecule has 0 radical (unpaired) electrons. The van der Waals surface area contributed by atoms with Crippen LogP contribution in [-0.2, 0) is 6.18 Å². The Morgan fingerprint density at radius 3 is 2.48 bits per heavy atom. The highest BCUT2D eigenvalue weighted by Crippen LogP contribution is 2.35. The van der Waals surface area contributed by atoms with E-state index in [2.05, 4.69) is 10.3 Å². The number of alkyl halides is 3. The smallest absolute Gasteiger partial charge is 0.339 e. The minimum atomic E-state index is -4.55. The Kier molecular flexibility index (Phi) is 5.85. The Morgan fingerprint density at radius 2 is 1.83 bits per heavy atom. The van der Waals surface area contributed by atoms with Crippen molar-refractivity contribution in [1.82, 2.24) is 9.88 Å². The molecule has 0 aliphatic carbocycles. The van der Waals surface area contributed by atoms with E-state index in [4.69, 9.17) is 0 Å². The third-order valence-corrected chi connectivity index (χ3v) is 6.31. The van der Waals surface area contributed by atoms with E-state index in [0.717, 1.165) is 29.2 Å². The lowest BCUT2D eigenvalue weighted by molar-refractivity contribution is -0.140. The van der Waals surface area contributed by atoms with Gasteiger partial charge in [0.1, 0.15) is 10.5 Å². The van der Waals surface area contributed by atoms with Crippen molar-refractivity contribution in [2.45, 2.75) is 18.0 Å². The summed E-state index contributed by atoms with van der Waals surface area (Å²) in [6.45, 7) is 1.67. The van der Waals surface area contributed by atoms with E-state index in [0.29, 0.717) is 21.5 Å². The molecule has 0 spiro atoms. The van der Waals surface area contributed by atoms with Gasteiger partial charge in [-0.2, -0.15) is 13.2 Å². The molecule has 0 unspecified atom stereocenters. The van der Waals surface area contributed by atoms with Crippen LogP contribution in [0.1, 0.15) is 20.9 Å². The zero-order valence-corrected chi connectivity index (χ0v) is 17.3. The highest BCUT2D eigenvalue weighted by molar-refractivity contribution is 8.13. The average Bonchev–Trinajstić information content (AvgIpc) is 2.99. The molecule has 10 heteroatoms. The van der Waals surface area contributed by atoms with Crippen molar-refractivity contribution >= 4 is 50.1 Å². The van der Waals surface area contributed by atoms with Crippen LogP contribution in [0.5, 0.6) is 0 Å². The summed E-state index contributed by atoms with van der Waals surface area (Å²) in [7, 11) is 3.25. The fraction of sp³-hybridized carbons (Fsp3) is 0.211. The number of hydrogen-bond donors (Lipinski definition) is 1. The first-order valence-corrected chi connectivity index (χ1v) is 9.98. The molecule has 3 aromatic rings. The van der Waals surface area contributed by atoms with Gasteiger partial charge in [0, 0.05) is 24.4 Å². The molecule has 29 heavy (non-hydrogen) atoms. The molecule has 5 nitrogen and oxygen atoms in total. The molecule has 0 aliphatic rings. The van der Waals surface area contributed by atoms with Crippen molar-refractivity contribution < 1.29 is 22.8 Å². The van der Waals surface area contributed by atoms with Gasteiger partial charge in [0.25, 0.3) is 11.1 Å². The summed E-state index contributed by atoms with van der Waals surface area (Å²) in [5.41, 5.74) is -0.00104. The molecule has 2 amide bonds. The number of carbonyl (C=O) groups excluding carboxylic acids is 2. The molecule has 0 atom stereocenters. The molecule has 0 bridgehead atoms. The summed E-state index contributed by atoms with van der Waals surface area (Å²) < 4.78 is 38.7. The first kappa shape index (κ1) is 21.1. The Morgan fingerprint density at radius 1 is 1.14 bits per heavy atom. The van der Waals surface area contributed by atoms with Crippen molar-refractivity contribution in [2.75, 3.05) is 19.4 Å². The Bertz CT molecular complexity index is 1090. The quantitative estimate of drug-likeness (QED) is 0.536. The Balaban J connectivity index is 1.91. The number of aryl methyl sites for hydroxylation is 1. The normalized spacial score (nSPS) is 11.5. The first-order valence-electron chi connectivity index (χ1n) is 8.34. The van der Waals surface area contributed by atoms with Crippen LogP contribution in [0.15, 0.2) is 41.3 Å². The lowest BCUT2D eigenvalue weighted by Crippen LogP contribution is -2.17. The van der Waals surface area contributed by atoms with Crippen molar-refractivity contribution in [2.24, 2.45) is 0 Å². The number of aromatic nitrogens is 1. The number of thiophene rings is 1. The molecule has 0 fully saturated rings. The molecule has 2 heterocycles. The molecular weight excluding hydrogens is 423 g/mol. The minimum absolute atomic E-state index is 0.146. The SMILES string of the molecule is Cc1c(C(=O)Nc2ccccc2SC(=O)N(C)C)sc2nc(C(F)(F)F)ccc12. The van der Waals surface area contributed by atoms with Crippen LogP contribution in [0.3, 0.4) is 0 Å². The van der Waals surface area contributed by atoms with Gasteiger partial charge >= 0.3 is 6.18 Å². The summed E-state index contributed by atoms with van der Waals surface area (Å²) in [5.74, 6) is -0.468. The number of fused-ring (bicyclic) bond motifs is 1. The highest BCUT2D eigenvalue weighted by atomic mass is 32.2. The number of amides is 2. The summed E-state index contributed by atoms with van der Waals surface area (Å²) in [4.78, 5) is 30.8. The van der Waals surface area contributed by atoms with E-state index in [1.807, 2.05) is 0 Å². The van der Waals surface area contributed by atoms with Gasteiger partial charge in [0.15, 0.2) is 0 Å². The van der Waals surface area contributed by atoms with E-state index >= 15 is 0 Å². The van der Waals surface area contributed by atoms with Gasteiger partial charge in [-0.15, -0.1) is 11.3 Å². The second-order valence-electron chi connectivity index (χ2n) is 6.32. The topological polar surface area (TPSA) is 62.3 Å². The average molecular weight is 439 g/mol. The maximum Gasteiger partial charge on any atom is 0.433 e. The Labute approximate surface area is 172 Å². The highest BCUT2D eigenvalue weighted by Gasteiger charge is 2.33. The third kappa shape index (κ3) is 4.54. The van der Waals surface area contributed by atoms with Gasteiger partial charge < -0.3 is 10.2 Å². The molecule has 3 rings (SSSR count). The maximum absolute atomic E-state index is 12.9. The zero-order chi connectivity index (χ0) is 21.3. The van der Waals surface area contributed by atoms with Crippen LogP contribution in [0, 0.1) is 6.92 Å². The lowest BCUT2D eigenvalue weighted by Gasteiger charge is -2.13. The molecule has 0 aliphatic heterocycles. The molecule has 1 N–H and O–H groups in total.